The molecule has 0 radical (unpaired) electrons. The molecule has 1 aromatic carbocycles. The lowest BCUT2D eigenvalue weighted by atomic mass is 10.1. The summed E-state index contributed by atoms with van der Waals surface area (Å²) in [4.78, 5) is 9.41. The molecule has 1 aromatic rings. The second-order valence-electron chi connectivity index (χ2n) is 7.22. The summed E-state index contributed by atoms with van der Waals surface area (Å²) in [6.45, 7) is 7.87. The van der Waals surface area contributed by atoms with Crippen molar-refractivity contribution in [1.29, 1.82) is 0 Å². The minimum atomic E-state index is 0.681. The third kappa shape index (κ3) is 5.63. The van der Waals surface area contributed by atoms with Crippen LogP contribution in [0.15, 0.2) is 35.3 Å². The van der Waals surface area contributed by atoms with Gasteiger partial charge in [0.15, 0.2) is 5.96 Å². The summed E-state index contributed by atoms with van der Waals surface area (Å²) in [5.74, 6) is 1.62. The molecule has 0 aliphatic carbocycles. The Morgan fingerprint density at radius 2 is 1.88 bits per heavy atom. The van der Waals surface area contributed by atoms with Crippen LogP contribution in [0.25, 0.3) is 0 Å². The maximum absolute atomic E-state index is 4.37. The molecule has 0 bridgehead atoms. The molecule has 1 unspecified atom stereocenters. The highest BCUT2D eigenvalue weighted by molar-refractivity contribution is 5.79. The second-order valence-corrected chi connectivity index (χ2v) is 7.22. The molecule has 2 fully saturated rings. The number of anilines is 1. The summed E-state index contributed by atoms with van der Waals surface area (Å²) in [5.41, 5.74) is 1.34. The van der Waals surface area contributed by atoms with Crippen LogP contribution in [0, 0.1) is 5.92 Å². The summed E-state index contributed by atoms with van der Waals surface area (Å²) in [6, 6.07) is 10.7. The Morgan fingerprint density at radius 3 is 2.64 bits per heavy atom. The maximum Gasteiger partial charge on any atom is 0.191 e. The molecule has 0 amide bonds. The van der Waals surface area contributed by atoms with Crippen molar-refractivity contribution in [2.45, 2.75) is 25.7 Å². The van der Waals surface area contributed by atoms with Crippen molar-refractivity contribution in [2.24, 2.45) is 10.9 Å². The Balaban J connectivity index is 1.34. The number of piperidine rings is 1. The fourth-order valence-electron chi connectivity index (χ4n) is 3.85. The lowest BCUT2D eigenvalue weighted by molar-refractivity contribution is 0.232. The van der Waals surface area contributed by atoms with Crippen LogP contribution in [0.1, 0.15) is 25.7 Å². The lowest BCUT2D eigenvalue weighted by Gasteiger charge is -2.26. The predicted molar refractivity (Wildman–Crippen MR) is 106 cm³/mol. The largest absolute Gasteiger partial charge is 0.371 e. The molecule has 0 spiro atoms. The summed E-state index contributed by atoms with van der Waals surface area (Å²) >= 11 is 0. The molecule has 2 heterocycles. The van der Waals surface area contributed by atoms with E-state index >= 15 is 0 Å². The van der Waals surface area contributed by atoms with E-state index < -0.39 is 0 Å². The zero-order chi connectivity index (χ0) is 17.3. The Bertz CT molecular complexity index is 524. The Kier molecular flexibility index (Phi) is 6.98. The highest BCUT2D eigenvalue weighted by Gasteiger charge is 2.22. The smallest absolute Gasteiger partial charge is 0.191 e. The molecule has 5 heteroatoms. The molecule has 3 rings (SSSR count). The van der Waals surface area contributed by atoms with Gasteiger partial charge in [0.2, 0.25) is 0 Å². The van der Waals surface area contributed by atoms with Gasteiger partial charge < -0.3 is 20.4 Å². The average Bonchev–Trinajstić information content (AvgIpc) is 3.15. The molecular weight excluding hydrogens is 310 g/mol. The molecule has 1 atom stereocenters. The quantitative estimate of drug-likeness (QED) is 0.614. The first kappa shape index (κ1) is 18.1. The summed E-state index contributed by atoms with van der Waals surface area (Å²) < 4.78 is 0. The van der Waals surface area contributed by atoms with Crippen LogP contribution in [0.4, 0.5) is 5.69 Å². The number of benzene rings is 1. The molecule has 2 saturated heterocycles. The number of aliphatic imine (C=N–C) groups is 1. The predicted octanol–water partition coefficient (Wildman–Crippen LogP) is 2.16. The van der Waals surface area contributed by atoms with Crippen molar-refractivity contribution in [3.63, 3.8) is 0 Å². The molecule has 138 valence electrons. The topological polar surface area (TPSA) is 42.9 Å². The fourth-order valence-corrected chi connectivity index (χ4v) is 3.85. The van der Waals surface area contributed by atoms with E-state index in [0.29, 0.717) is 5.92 Å². The van der Waals surface area contributed by atoms with E-state index in [1.807, 2.05) is 7.05 Å². The summed E-state index contributed by atoms with van der Waals surface area (Å²) in [5, 5.41) is 6.98. The molecule has 0 aromatic heterocycles. The molecule has 5 nitrogen and oxygen atoms in total. The number of rotatable bonds is 6. The number of hydrogen-bond acceptors (Lipinski definition) is 3. The summed E-state index contributed by atoms with van der Waals surface area (Å²) in [6.07, 6.45) is 5.35. The molecule has 25 heavy (non-hydrogen) atoms. The SMILES string of the molecule is CN=C(NCCN1CCCCC1)NCC1CCN(c2ccccc2)C1. The fraction of sp³-hybridized carbons (Fsp3) is 0.650. The standard InChI is InChI=1S/C20H33N5/c1-21-20(22-11-15-24-12-6-3-7-13-24)23-16-18-10-14-25(17-18)19-8-4-2-5-9-19/h2,4-5,8-9,18H,3,6-7,10-17H2,1H3,(H2,21,22,23). The van der Waals surface area contributed by atoms with Crippen molar-refractivity contribution in [3.8, 4) is 0 Å². The van der Waals surface area contributed by atoms with E-state index in [-0.39, 0.29) is 0 Å². The molecular formula is C20H33N5. The van der Waals surface area contributed by atoms with Crippen LogP contribution in [-0.2, 0) is 0 Å². The zero-order valence-corrected chi connectivity index (χ0v) is 15.6. The number of nitrogens with zero attached hydrogens (tertiary/aromatic N) is 3. The Morgan fingerprint density at radius 1 is 1.08 bits per heavy atom. The average molecular weight is 344 g/mol. The van der Waals surface area contributed by atoms with Gasteiger partial charge in [-0.05, 0) is 50.4 Å². The van der Waals surface area contributed by atoms with Crippen molar-refractivity contribution in [3.05, 3.63) is 30.3 Å². The van der Waals surface area contributed by atoms with Gasteiger partial charge in [0.1, 0.15) is 0 Å². The van der Waals surface area contributed by atoms with Gasteiger partial charge in [-0.1, -0.05) is 24.6 Å². The molecule has 2 aliphatic heterocycles. The van der Waals surface area contributed by atoms with Crippen LogP contribution in [0.5, 0.6) is 0 Å². The third-order valence-corrected chi connectivity index (χ3v) is 5.36. The first-order chi connectivity index (χ1) is 12.3. The van der Waals surface area contributed by atoms with E-state index in [1.165, 1.54) is 44.5 Å². The van der Waals surface area contributed by atoms with Gasteiger partial charge in [-0.2, -0.15) is 0 Å². The van der Waals surface area contributed by atoms with Gasteiger partial charge in [0.25, 0.3) is 0 Å². The third-order valence-electron chi connectivity index (χ3n) is 5.36. The van der Waals surface area contributed by atoms with Gasteiger partial charge in [0, 0.05) is 45.5 Å². The van der Waals surface area contributed by atoms with Gasteiger partial charge in [-0.3, -0.25) is 4.99 Å². The number of hydrogen-bond donors (Lipinski definition) is 2. The second kappa shape index (κ2) is 9.66. The van der Waals surface area contributed by atoms with Gasteiger partial charge in [-0.25, -0.2) is 0 Å². The van der Waals surface area contributed by atoms with Gasteiger partial charge >= 0.3 is 0 Å². The number of nitrogens with one attached hydrogen (secondary N) is 2. The number of guanidine groups is 1. The number of likely N-dealkylation sites (tertiary alicyclic amines) is 1. The van der Waals surface area contributed by atoms with E-state index in [9.17, 15) is 0 Å². The zero-order valence-electron chi connectivity index (χ0n) is 15.6. The van der Waals surface area contributed by atoms with Crippen molar-refractivity contribution >= 4 is 11.6 Å². The monoisotopic (exact) mass is 343 g/mol. The Labute approximate surface area is 152 Å². The highest BCUT2D eigenvalue weighted by atomic mass is 15.2. The maximum atomic E-state index is 4.37. The van der Waals surface area contributed by atoms with E-state index in [1.54, 1.807) is 0 Å². The van der Waals surface area contributed by atoms with Gasteiger partial charge in [0.05, 0.1) is 0 Å². The summed E-state index contributed by atoms with van der Waals surface area (Å²) in [7, 11) is 1.86. The molecule has 2 N–H and O–H groups in total. The first-order valence-corrected chi connectivity index (χ1v) is 9.82. The van der Waals surface area contributed by atoms with Crippen LogP contribution in [0.3, 0.4) is 0 Å². The lowest BCUT2D eigenvalue weighted by Crippen LogP contribution is -2.44. The van der Waals surface area contributed by atoms with E-state index in [0.717, 1.165) is 38.7 Å². The van der Waals surface area contributed by atoms with Crippen LogP contribution < -0.4 is 15.5 Å². The minimum absolute atomic E-state index is 0.681. The highest BCUT2D eigenvalue weighted by Crippen LogP contribution is 2.22. The molecule has 0 saturated carbocycles. The Hall–Kier alpha value is -1.75. The van der Waals surface area contributed by atoms with Crippen LogP contribution >= 0.6 is 0 Å². The molecule has 2 aliphatic rings. The van der Waals surface area contributed by atoms with Gasteiger partial charge in [-0.15, -0.1) is 0 Å². The minimum Gasteiger partial charge on any atom is -0.371 e. The van der Waals surface area contributed by atoms with Crippen molar-refractivity contribution in [2.75, 3.05) is 57.8 Å². The van der Waals surface area contributed by atoms with E-state index in [2.05, 4.69) is 55.8 Å². The van der Waals surface area contributed by atoms with Crippen molar-refractivity contribution < 1.29 is 0 Å². The first-order valence-electron chi connectivity index (χ1n) is 9.82. The number of para-hydroxylation sites is 1. The normalized spacial score (nSPS) is 22.2. The van der Waals surface area contributed by atoms with Crippen molar-refractivity contribution in [1.82, 2.24) is 15.5 Å². The van der Waals surface area contributed by atoms with E-state index in [4.69, 9.17) is 0 Å². The van der Waals surface area contributed by atoms with Crippen LogP contribution in [0.2, 0.25) is 0 Å². The van der Waals surface area contributed by atoms with Crippen LogP contribution in [-0.4, -0.2) is 63.7 Å².